The second-order valence-electron chi connectivity index (χ2n) is 3.45. The van der Waals surface area contributed by atoms with E-state index in [4.69, 9.17) is 11.6 Å². The van der Waals surface area contributed by atoms with Gasteiger partial charge in [0.15, 0.2) is 0 Å². The van der Waals surface area contributed by atoms with Gasteiger partial charge in [0.2, 0.25) is 0 Å². The third-order valence-corrected chi connectivity index (χ3v) is 3.50. The highest BCUT2D eigenvalue weighted by atomic mass is 79.9. The van der Waals surface area contributed by atoms with Gasteiger partial charge >= 0.3 is 0 Å². The molecule has 1 saturated carbocycles. The van der Waals surface area contributed by atoms with E-state index >= 15 is 0 Å². The van der Waals surface area contributed by atoms with Gasteiger partial charge in [-0.05, 0) is 36.0 Å². The van der Waals surface area contributed by atoms with Crippen LogP contribution in [0.25, 0.3) is 0 Å². The minimum atomic E-state index is 0.688. The summed E-state index contributed by atoms with van der Waals surface area (Å²) in [5.41, 5.74) is 1.30. The fraction of sp³-hybridized carbons (Fsp3) is 0.400. The van der Waals surface area contributed by atoms with Crippen molar-refractivity contribution in [3.05, 3.63) is 33.3 Å². The van der Waals surface area contributed by atoms with E-state index in [1.807, 2.05) is 12.1 Å². The van der Waals surface area contributed by atoms with Crippen LogP contribution in [0, 0.1) is 5.92 Å². The van der Waals surface area contributed by atoms with Gasteiger partial charge in [0.05, 0.1) is 0 Å². The van der Waals surface area contributed by atoms with Crippen molar-refractivity contribution in [2.45, 2.75) is 19.3 Å². The first kappa shape index (κ1) is 8.58. The quantitative estimate of drug-likeness (QED) is 0.695. The topological polar surface area (TPSA) is 0 Å². The maximum Gasteiger partial charge on any atom is 0.0452 e. The molecule has 0 radical (unpaired) electrons. The lowest BCUT2D eigenvalue weighted by Crippen LogP contribution is -1.84. The fourth-order valence-electron chi connectivity index (χ4n) is 1.59. The number of halogens is 2. The van der Waals surface area contributed by atoms with Gasteiger partial charge in [-0.2, -0.15) is 0 Å². The molecule has 1 aliphatic carbocycles. The van der Waals surface area contributed by atoms with Crippen LogP contribution in [0.4, 0.5) is 0 Å². The second-order valence-corrected chi connectivity index (χ2v) is 4.72. The van der Waals surface area contributed by atoms with Gasteiger partial charge < -0.3 is 0 Å². The van der Waals surface area contributed by atoms with Crippen LogP contribution in [0.15, 0.2) is 22.7 Å². The molecule has 1 fully saturated rings. The first-order valence-corrected chi connectivity index (χ1v) is 5.31. The normalized spacial score (nSPS) is 27.2. The van der Waals surface area contributed by atoms with Crippen LogP contribution in [-0.4, -0.2) is 0 Å². The van der Waals surface area contributed by atoms with Gasteiger partial charge in [-0.15, -0.1) is 0 Å². The molecule has 1 aromatic rings. The second kappa shape index (κ2) is 3.04. The number of benzene rings is 1. The van der Waals surface area contributed by atoms with Crippen molar-refractivity contribution >= 4 is 27.5 Å². The van der Waals surface area contributed by atoms with Crippen molar-refractivity contribution in [3.8, 4) is 0 Å². The van der Waals surface area contributed by atoms with E-state index in [1.165, 1.54) is 12.0 Å². The molecule has 0 aromatic heterocycles. The summed E-state index contributed by atoms with van der Waals surface area (Å²) in [4.78, 5) is 0. The number of rotatable bonds is 1. The lowest BCUT2D eigenvalue weighted by atomic mass is 10.1. The summed E-state index contributed by atoms with van der Waals surface area (Å²) >= 11 is 9.63. The Morgan fingerprint density at radius 1 is 1.50 bits per heavy atom. The Balaban J connectivity index is 2.41. The highest BCUT2D eigenvalue weighted by Gasteiger charge is 2.36. The Kier molecular flexibility index (Phi) is 2.18. The molecule has 12 heavy (non-hydrogen) atoms. The first-order valence-electron chi connectivity index (χ1n) is 4.14. The van der Waals surface area contributed by atoms with Crippen LogP contribution in [0.5, 0.6) is 0 Å². The lowest BCUT2D eigenvalue weighted by Gasteiger charge is -2.04. The van der Waals surface area contributed by atoms with Gasteiger partial charge in [0, 0.05) is 9.50 Å². The van der Waals surface area contributed by atoms with E-state index in [0.29, 0.717) is 5.92 Å². The molecule has 0 aliphatic heterocycles. The zero-order valence-corrected chi connectivity index (χ0v) is 9.19. The smallest absolute Gasteiger partial charge is 0.0452 e. The Bertz CT molecular complexity index is 288. The van der Waals surface area contributed by atoms with Gasteiger partial charge in [-0.1, -0.05) is 40.5 Å². The summed E-state index contributed by atoms with van der Waals surface area (Å²) in [6.45, 7) is 2.26. The molecule has 1 aromatic carbocycles. The summed E-state index contributed by atoms with van der Waals surface area (Å²) < 4.78 is 1.16. The Labute approximate surface area is 86.1 Å². The van der Waals surface area contributed by atoms with Gasteiger partial charge in [-0.3, -0.25) is 0 Å². The summed E-state index contributed by atoms with van der Waals surface area (Å²) in [6, 6.07) is 6.00. The molecule has 1 aliphatic rings. The van der Waals surface area contributed by atoms with Crippen molar-refractivity contribution in [2.24, 2.45) is 5.92 Å². The maximum atomic E-state index is 6.10. The molecule has 2 heteroatoms. The van der Waals surface area contributed by atoms with Crippen molar-refractivity contribution < 1.29 is 0 Å². The number of hydrogen-bond donors (Lipinski definition) is 0. The minimum absolute atomic E-state index is 0.688. The molecular weight excluding hydrogens is 235 g/mol. The molecule has 0 amide bonds. The van der Waals surface area contributed by atoms with E-state index in [2.05, 4.69) is 28.9 Å². The lowest BCUT2D eigenvalue weighted by molar-refractivity contribution is 0.911. The standard InChI is InChI=1S/C10H10BrCl/c1-6-5-7(6)10-8(11)3-2-4-9(10)12/h2-4,6-7H,5H2,1H3/t6-,7-/m0/s1. The number of hydrogen-bond acceptors (Lipinski definition) is 0. The van der Waals surface area contributed by atoms with E-state index in [1.54, 1.807) is 0 Å². The average Bonchev–Trinajstić information content (AvgIpc) is 2.67. The van der Waals surface area contributed by atoms with Crippen molar-refractivity contribution in [2.75, 3.05) is 0 Å². The highest BCUT2D eigenvalue weighted by Crippen LogP contribution is 2.51. The maximum absolute atomic E-state index is 6.10. The molecule has 0 bridgehead atoms. The fourth-order valence-corrected chi connectivity index (χ4v) is 2.68. The Morgan fingerprint density at radius 3 is 2.67 bits per heavy atom. The van der Waals surface area contributed by atoms with Crippen LogP contribution < -0.4 is 0 Å². The summed E-state index contributed by atoms with van der Waals surface area (Å²) in [5, 5.41) is 0.902. The monoisotopic (exact) mass is 244 g/mol. The summed E-state index contributed by atoms with van der Waals surface area (Å²) in [6.07, 6.45) is 1.28. The Hall–Kier alpha value is -0.0100. The molecule has 0 N–H and O–H groups in total. The average molecular weight is 246 g/mol. The van der Waals surface area contributed by atoms with Gasteiger partial charge in [0.1, 0.15) is 0 Å². The summed E-state index contributed by atoms with van der Waals surface area (Å²) in [7, 11) is 0. The van der Waals surface area contributed by atoms with E-state index in [0.717, 1.165) is 15.4 Å². The predicted octanol–water partition coefficient (Wildman–Crippen LogP) is 4.23. The largest absolute Gasteiger partial charge is 0.0840 e. The van der Waals surface area contributed by atoms with Crippen LogP contribution >= 0.6 is 27.5 Å². The summed E-state index contributed by atoms with van der Waals surface area (Å²) in [5.74, 6) is 1.49. The van der Waals surface area contributed by atoms with Crippen LogP contribution in [0.1, 0.15) is 24.8 Å². The third-order valence-electron chi connectivity index (χ3n) is 2.48. The minimum Gasteiger partial charge on any atom is -0.0840 e. The first-order chi connectivity index (χ1) is 5.70. The van der Waals surface area contributed by atoms with Gasteiger partial charge in [0.25, 0.3) is 0 Å². The van der Waals surface area contributed by atoms with E-state index in [9.17, 15) is 0 Å². The van der Waals surface area contributed by atoms with Crippen molar-refractivity contribution in [3.63, 3.8) is 0 Å². The third kappa shape index (κ3) is 1.40. The zero-order valence-electron chi connectivity index (χ0n) is 6.85. The molecule has 2 rings (SSSR count). The van der Waals surface area contributed by atoms with Crippen LogP contribution in [-0.2, 0) is 0 Å². The SMILES string of the molecule is C[C@H]1C[C@@H]1c1c(Cl)cccc1Br. The van der Waals surface area contributed by atoms with Crippen molar-refractivity contribution in [1.82, 2.24) is 0 Å². The highest BCUT2D eigenvalue weighted by molar-refractivity contribution is 9.10. The molecule has 0 unspecified atom stereocenters. The molecule has 0 heterocycles. The van der Waals surface area contributed by atoms with Crippen LogP contribution in [0.2, 0.25) is 5.02 Å². The molecule has 0 nitrogen and oxygen atoms in total. The molecule has 0 saturated heterocycles. The van der Waals surface area contributed by atoms with E-state index in [-0.39, 0.29) is 0 Å². The van der Waals surface area contributed by atoms with Gasteiger partial charge in [-0.25, -0.2) is 0 Å². The molecule has 64 valence electrons. The van der Waals surface area contributed by atoms with Crippen LogP contribution in [0.3, 0.4) is 0 Å². The Morgan fingerprint density at radius 2 is 2.17 bits per heavy atom. The predicted molar refractivity (Wildman–Crippen MR) is 55.7 cm³/mol. The molecule has 0 spiro atoms. The van der Waals surface area contributed by atoms with Crippen molar-refractivity contribution in [1.29, 1.82) is 0 Å². The molecule has 2 atom stereocenters. The molecular formula is C10H10BrCl. The van der Waals surface area contributed by atoms with E-state index < -0.39 is 0 Å². The zero-order chi connectivity index (χ0) is 8.72.